The first-order valence-electron chi connectivity index (χ1n) is 4.01. The fourth-order valence-corrected chi connectivity index (χ4v) is 1.42. The quantitative estimate of drug-likeness (QED) is 0.387. The summed E-state index contributed by atoms with van der Waals surface area (Å²) in [4.78, 5) is 0. The van der Waals surface area contributed by atoms with Crippen molar-refractivity contribution in [1.29, 1.82) is 0 Å². The summed E-state index contributed by atoms with van der Waals surface area (Å²) in [5, 5.41) is 0. The predicted octanol–water partition coefficient (Wildman–Crippen LogP) is 0.947. The van der Waals surface area contributed by atoms with E-state index in [2.05, 4.69) is 28.3 Å². The largest absolute Gasteiger partial charge is 0.379 e. The molecule has 0 unspecified atom stereocenters. The highest BCUT2D eigenvalue weighted by Gasteiger charge is 2.30. The molecule has 0 saturated carbocycles. The van der Waals surface area contributed by atoms with Crippen molar-refractivity contribution in [1.82, 2.24) is 0 Å². The minimum absolute atomic E-state index is 0.324. The Kier molecular flexibility index (Phi) is 2.19. The lowest BCUT2D eigenvalue weighted by atomic mass is 9.85. The van der Waals surface area contributed by atoms with Crippen LogP contribution in [0.1, 0.15) is 20.3 Å². The Morgan fingerprint density at radius 1 is 1.70 bits per heavy atom. The topological polar surface area (TPSA) is 9.23 Å². The lowest BCUT2D eigenvalue weighted by Gasteiger charge is -2.06. The van der Waals surface area contributed by atoms with Gasteiger partial charge in [0.2, 0.25) is 0 Å². The highest BCUT2D eigenvalue weighted by molar-refractivity contribution is 6.11. The van der Waals surface area contributed by atoms with Crippen LogP contribution >= 0.6 is 0 Å². The minimum Gasteiger partial charge on any atom is -0.379 e. The molecule has 1 saturated heterocycles. The summed E-state index contributed by atoms with van der Waals surface area (Å²) in [6.07, 6.45) is 1.39. The van der Waals surface area contributed by atoms with Gasteiger partial charge in [-0.25, -0.2) is 0 Å². The van der Waals surface area contributed by atoms with E-state index in [1.54, 1.807) is 0 Å². The van der Waals surface area contributed by atoms with Gasteiger partial charge in [0.15, 0.2) is 0 Å². The molecule has 1 fully saturated rings. The van der Waals surface area contributed by atoms with Crippen molar-refractivity contribution in [2.24, 2.45) is 5.92 Å². The smallest absolute Gasteiger partial charge is 0.139 e. The molecule has 0 aliphatic carbocycles. The van der Waals surface area contributed by atoms with Gasteiger partial charge >= 0.3 is 0 Å². The third-order valence-electron chi connectivity index (χ3n) is 2.45. The van der Waals surface area contributed by atoms with Gasteiger partial charge in [-0.2, -0.15) is 0 Å². The van der Waals surface area contributed by atoms with Crippen LogP contribution < -0.4 is 0 Å². The van der Waals surface area contributed by atoms with Crippen LogP contribution in [0.2, 0.25) is 0 Å². The Hall–Kier alpha value is -0.235. The fourth-order valence-electron chi connectivity index (χ4n) is 1.42. The monoisotopic (exact) mass is 138 g/mol. The van der Waals surface area contributed by atoms with Crippen LogP contribution in [0.4, 0.5) is 0 Å². The van der Waals surface area contributed by atoms with Crippen molar-refractivity contribution in [3.63, 3.8) is 0 Å². The molecule has 0 aromatic heterocycles. The molecular weight excluding hydrogens is 123 g/mol. The third kappa shape index (κ3) is 1.13. The van der Waals surface area contributed by atoms with Gasteiger partial charge in [-0.3, -0.25) is 0 Å². The summed E-state index contributed by atoms with van der Waals surface area (Å²) in [6.45, 7) is 8.34. The summed E-state index contributed by atoms with van der Waals surface area (Å²) in [7, 11) is 2.12. The van der Waals surface area contributed by atoms with Crippen molar-refractivity contribution in [2.45, 2.75) is 32.4 Å². The SMILES string of the molecule is B[C@H]1O[C@@H](CC)C(=C)[C@@H]1C. The highest BCUT2D eigenvalue weighted by atomic mass is 16.5. The van der Waals surface area contributed by atoms with Gasteiger partial charge in [-0.05, 0) is 17.9 Å². The maximum Gasteiger partial charge on any atom is 0.139 e. The van der Waals surface area contributed by atoms with E-state index in [1.165, 1.54) is 5.57 Å². The predicted molar refractivity (Wildman–Crippen MR) is 45.8 cm³/mol. The molecule has 2 heteroatoms. The molecule has 1 heterocycles. The fraction of sp³-hybridized carbons (Fsp3) is 0.750. The molecule has 0 aromatic rings. The first-order chi connectivity index (χ1) is 4.66. The van der Waals surface area contributed by atoms with Crippen LogP contribution in [0.25, 0.3) is 0 Å². The van der Waals surface area contributed by atoms with Gasteiger partial charge in [-0.1, -0.05) is 20.4 Å². The number of hydrogen-bond acceptors (Lipinski definition) is 1. The maximum absolute atomic E-state index is 5.64. The van der Waals surface area contributed by atoms with Crippen molar-refractivity contribution in [2.75, 3.05) is 0 Å². The Morgan fingerprint density at radius 3 is 2.50 bits per heavy atom. The zero-order valence-electron chi connectivity index (χ0n) is 7.05. The Balaban J connectivity index is 2.62. The molecule has 10 heavy (non-hydrogen) atoms. The number of hydrogen-bond donors (Lipinski definition) is 0. The van der Waals surface area contributed by atoms with Gasteiger partial charge < -0.3 is 4.74 Å². The van der Waals surface area contributed by atoms with Crippen LogP contribution in [-0.4, -0.2) is 20.0 Å². The lowest BCUT2D eigenvalue weighted by molar-refractivity contribution is 0.0879. The molecule has 0 N–H and O–H groups in total. The van der Waals surface area contributed by atoms with Gasteiger partial charge in [0.1, 0.15) is 7.85 Å². The molecule has 0 radical (unpaired) electrons. The normalized spacial score (nSPS) is 40.6. The van der Waals surface area contributed by atoms with Crippen LogP contribution in [0, 0.1) is 5.92 Å². The van der Waals surface area contributed by atoms with Crippen LogP contribution in [0.3, 0.4) is 0 Å². The van der Waals surface area contributed by atoms with Crippen LogP contribution in [0.15, 0.2) is 12.2 Å². The maximum atomic E-state index is 5.64. The summed E-state index contributed by atoms with van der Waals surface area (Å²) >= 11 is 0. The summed E-state index contributed by atoms with van der Waals surface area (Å²) in [5.41, 5.74) is 1.27. The zero-order valence-corrected chi connectivity index (χ0v) is 7.05. The highest BCUT2D eigenvalue weighted by Crippen LogP contribution is 2.30. The van der Waals surface area contributed by atoms with E-state index >= 15 is 0 Å². The molecule has 56 valence electrons. The summed E-state index contributed by atoms with van der Waals surface area (Å²) in [5.74, 6) is 0.546. The Bertz CT molecular complexity index is 144. The van der Waals surface area contributed by atoms with Gasteiger partial charge in [0, 0.05) is 6.00 Å². The second kappa shape index (κ2) is 2.79. The molecule has 0 aromatic carbocycles. The number of ether oxygens (including phenoxy) is 1. The number of rotatable bonds is 1. The molecule has 1 aliphatic heterocycles. The van der Waals surface area contributed by atoms with E-state index in [4.69, 9.17) is 4.74 Å². The summed E-state index contributed by atoms with van der Waals surface area (Å²) < 4.78 is 5.64. The molecule has 1 nitrogen and oxygen atoms in total. The van der Waals surface area contributed by atoms with Crippen molar-refractivity contribution < 1.29 is 4.74 Å². The van der Waals surface area contributed by atoms with Crippen molar-refractivity contribution in [3.8, 4) is 0 Å². The molecular formula is C8H15BO. The average molecular weight is 138 g/mol. The van der Waals surface area contributed by atoms with E-state index in [0.29, 0.717) is 18.0 Å². The second-order valence-corrected chi connectivity index (χ2v) is 3.10. The molecule has 1 rings (SSSR count). The second-order valence-electron chi connectivity index (χ2n) is 3.10. The van der Waals surface area contributed by atoms with Gasteiger partial charge in [0.25, 0.3) is 0 Å². The molecule has 0 amide bonds. The minimum atomic E-state index is 0.324. The van der Waals surface area contributed by atoms with Crippen molar-refractivity contribution in [3.05, 3.63) is 12.2 Å². The first-order valence-corrected chi connectivity index (χ1v) is 4.01. The standard InChI is InChI=1S/C8H15BO/c1-4-7-5(2)6(3)8(9)10-7/h6-8H,2,4,9H2,1,3H3/t6-,7-,8-/m0/s1. The Labute approximate surface area is 63.9 Å². The van der Waals surface area contributed by atoms with Crippen LogP contribution in [-0.2, 0) is 4.74 Å². The Morgan fingerprint density at radius 2 is 2.30 bits per heavy atom. The van der Waals surface area contributed by atoms with E-state index in [-0.39, 0.29) is 0 Å². The van der Waals surface area contributed by atoms with Gasteiger partial charge in [-0.15, -0.1) is 0 Å². The molecule has 0 spiro atoms. The average Bonchev–Trinajstić information content (AvgIpc) is 2.17. The molecule has 3 atom stereocenters. The zero-order chi connectivity index (χ0) is 7.72. The van der Waals surface area contributed by atoms with E-state index < -0.39 is 0 Å². The van der Waals surface area contributed by atoms with Crippen molar-refractivity contribution >= 4 is 7.85 Å². The van der Waals surface area contributed by atoms with E-state index in [0.717, 1.165) is 6.42 Å². The van der Waals surface area contributed by atoms with E-state index in [1.807, 2.05) is 0 Å². The third-order valence-corrected chi connectivity index (χ3v) is 2.45. The molecule has 0 bridgehead atoms. The molecule has 1 aliphatic rings. The van der Waals surface area contributed by atoms with E-state index in [9.17, 15) is 0 Å². The summed E-state index contributed by atoms with van der Waals surface area (Å²) in [6, 6.07) is 0.373. The first kappa shape index (κ1) is 7.87. The van der Waals surface area contributed by atoms with Gasteiger partial charge in [0.05, 0.1) is 6.10 Å². The lowest BCUT2D eigenvalue weighted by Crippen LogP contribution is -2.13. The van der Waals surface area contributed by atoms with Crippen LogP contribution in [0.5, 0.6) is 0 Å².